The predicted octanol–water partition coefficient (Wildman–Crippen LogP) is -0.405. The van der Waals surface area contributed by atoms with Gasteiger partial charge in [0.25, 0.3) is 5.91 Å². The predicted molar refractivity (Wildman–Crippen MR) is 58.0 cm³/mol. The van der Waals surface area contributed by atoms with Crippen molar-refractivity contribution in [3.8, 4) is 5.82 Å². The van der Waals surface area contributed by atoms with Crippen LogP contribution < -0.4 is 11.5 Å². The van der Waals surface area contributed by atoms with Crippen LogP contribution in [0.15, 0.2) is 12.3 Å². The van der Waals surface area contributed by atoms with Crippen LogP contribution in [-0.4, -0.2) is 25.5 Å². The molecule has 0 spiro atoms. The molecule has 7 heteroatoms. The van der Waals surface area contributed by atoms with Gasteiger partial charge in [0, 0.05) is 13.2 Å². The minimum absolute atomic E-state index is 0.193. The van der Waals surface area contributed by atoms with Gasteiger partial charge < -0.3 is 11.5 Å². The number of primary amides is 1. The second kappa shape index (κ2) is 3.37. The highest BCUT2D eigenvalue weighted by Gasteiger charge is 2.14. The lowest BCUT2D eigenvalue weighted by atomic mass is 10.4. The third-order valence-electron chi connectivity index (χ3n) is 2.30. The van der Waals surface area contributed by atoms with Crippen LogP contribution in [0.2, 0.25) is 0 Å². The van der Waals surface area contributed by atoms with Crippen molar-refractivity contribution >= 4 is 11.6 Å². The van der Waals surface area contributed by atoms with Crippen molar-refractivity contribution in [2.75, 3.05) is 5.73 Å². The van der Waals surface area contributed by atoms with E-state index >= 15 is 0 Å². The van der Waals surface area contributed by atoms with E-state index in [1.54, 1.807) is 24.9 Å². The van der Waals surface area contributed by atoms with Gasteiger partial charge in [-0.25, -0.2) is 9.36 Å². The third kappa shape index (κ3) is 1.42. The average Bonchev–Trinajstić information content (AvgIpc) is 2.74. The number of carbonyl (C=O) groups is 1. The molecule has 0 aliphatic rings. The maximum Gasteiger partial charge on any atom is 0.269 e. The molecule has 0 aromatic carbocycles. The van der Waals surface area contributed by atoms with Gasteiger partial charge in [0.2, 0.25) is 0 Å². The number of rotatable bonds is 2. The van der Waals surface area contributed by atoms with E-state index in [4.69, 9.17) is 11.5 Å². The normalized spacial score (nSPS) is 10.6. The van der Waals surface area contributed by atoms with E-state index in [1.165, 1.54) is 10.7 Å². The second-order valence-electron chi connectivity index (χ2n) is 3.46. The van der Waals surface area contributed by atoms with Crippen LogP contribution in [0.4, 0.5) is 5.69 Å². The molecule has 2 aromatic heterocycles. The largest absolute Gasteiger partial charge is 0.394 e. The topological polar surface area (TPSA) is 105 Å². The molecular formula is C9H12N6O. The summed E-state index contributed by atoms with van der Waals surface area (Å²) >= 11 is 0. The molecule has 0 saturated heterocycles. The van der Waals surface area contributed by atoms with E-state index in [1.807, 2.05) is 0 Å². The lowest BCUT2D eigenvalue weighted by molar-refractivity contribution is 0.0995. The summed E-state index contributed by atoms with van der Waals surface area (Å²) in [5.41, 5.74) is 12.4. The standard InChI is InChI=1S/C9H12N6O/c1-5-7(10)9(14(2)12-5)15-4-3-6(13-15)8(11)16/h3-4H,10H2,1-2H3,(H2,11,16). The summed E-state index contributed by atoms with van der Waals surface area (Å²) < 4.78 is 3.08. The quantitative estimate of drug-likeness (QED) is 0.718. The molecule has 2 aromatic rings. The Balaban J connectivity index is 2.54. The van der Waals surface area contributed by atoms with Gasteiger partial charge in [0.1, 0.15) is 5.69 Å². The summed E-state index contributed by atoms with van der Waals surface area (Å²) in [7, 11) is 1.75. The molecule has 0 atom stereocenters. The SMILES string of the molecule is Cc1nn(C)c(-n2ccc(C(N)=O)n2)c1N. The van der Waals surface area contributed by atoms with Gasteiger partial charge in [0.05, 0.1) is 11.4 Å². The molecule has 1 amide bonds. The van der Waals surface area contributed by atoms with Crippen LogP contribution in [0, 0.1) is 6.92 Å². The van der Waals surface area contributed by atoms with Gasteiger partial charge in [-0.15, -0.1) is 0 Å². The molecule has 2 heterocycles. The van der Waals surface area contributed by atoms with Crippen molar-refractivity contribution < 1.29 is 4.79 Å². The zero-order valence-corrected chi connectivity index (χ0v) is 9.01. The minimum Gasteiger partial charge on any atom is -0.394 e. The van der Waals surface area contributed by atoms with Crippen molar-refractivity contribution in [2.45, 2.75) is 6.92 Å². The third-order valence-corrected chi connectivity index (χ3v) is 2.30. The second-order valence-corrected chi connectivity index (χ2v) is 3.46. The van der Waals surface area contributed by atoms with Gasteiger partial charge in [-0.2, -0.15) is 10.2 Å². The van der Waals surface area contributed by atoms with Gasteiger partial charge in [-0.05, 0) is 13.0 Å². The molecule has 0 unspecified atom stereocenters. The highest BCUT2D eigenvalue weighted by Crippen LogP contribution is 2.19. The zero-order chi connectivity index (χ0) is 11.9. The fourth-order valence-corrected chi connectivity index (χ4v) is 1.51. The molecule has 84 valence electrons. The van der Waals surface area contributed by atoms with E-state index in [-0.39, 0.29) is 5.69 Å². The van der Waals surface area contributed by atoms with Gasteiger partial charge >= 0.3 is 0 Å². The smallest absolute Gasteiger partial charge is 0.269 e. The molecule has 16 heavy (non-hydrogen) atoms. The Labute approximate surface area is 91.6 Å². The molecule has 0 saturated carbocycles. The molecule has 0 aliphatic heterocycles. The Morgan fingerprint density at radius 2 is 2.12 bits per heavy atom. The van der Waals surface area contributed by atoms with Crippen molar-refractivity contribution in [3.63, 3.8) is 0 Å². The molecule has 2 rings (SSSR count). The van der Waals surface area contributed by atoms with Crippen LogP contribution in [0.3, 0.4) is 0 Å². The number of nitrogen functional groups attached to an aromatic ring is 1. The first kappa shape index (κ1) is 10.2. The molecule has 4 N–H and O–H groups in total. The highest BCUT2D eigenvalue weighted by molar-refractivity contribution is 5.90. The van der Waals surface area contributed by atoms with Gasteiger partial charge in [-0.1, -0.05) is 0 Å². The summed E-state index contributed by atoms with van der Waals surface area (Å²) in [6.07, 6.45) is 1.62. The average molecular weight is 220 g/mol. The number of aromatic nitrogens is 4. The Morgan fingerprint density at radius 1 is 1.44 bits per heavy atom. The first-order chi connectivity index (χ1) is 7.50. The number of amides is 1. The van der Waals surface area contributed by atoms with Crippen LogP contribution in [0.5, 0.6) is 0 Å². The van der Waals surface area contributed by atoms with E-state index in [2.05, 4.69) is 10.2 Å². The fraction of sp³-hybridized carbons (Fsp3) is 0.222. The fourth-order valence-electron chi connectivity index (χ4n) is 1.51. The zero-order valence-electron chi connectivity index (χ0n) is 9.01. The van der Waals surface area contributed by atoms with Crippen LogP contribution in [-0.2, 0) is 7.05 Å². The molecule has 0 bridgehead atoms. The van der Waals surface area contributed by atoms with E-state index < -0.39 is 5.91 Å². The number of carbonyl (C=O) groups excluding carboxylic acids is 1. The number of hydrogen-bond acceptors (Lipinski definition) is 4. The van der Waals surface area contributed by atoms with Gasteiger partial charge in [0.15, 0.2) is 5.82 Å². The summed E-state index contributed by atoms with van der Waals surface area (Å²) in [6, 6.07) is 1.53. The highest BCUT2D eigenvalue weighted by atomic mass is 16.1. The Bertz CT molecular complexity index is 552. The van der Waals surface area contributed by atoms with Crippen molar-refractivity contribution in [3.05, 3.63) is 23.7 Å². The number of nitrogens with zero attached hydrogens (tertiary/aromatic N) is 4. The molecule has 0 aliphatic carbocycles. The Morgan fingerprint density at radius 3 is 2.56 bits per heavy atom. The summed E-state index contributed by atoms with van der Waals surface area (Å²) in [4.78, 5) is 10.9. The lowest BCUT2D eigenvalue weighted by Crippen LogP contribution is -2.13. The lowest BCUT2D eigenvalue weighted by Gasteiger charge is -2.02. The number of nitrogens with two attached hydrogens (primary N) is 2. The van der Waals surface area contributed by atoms with Gasteiger partial charge in [-0.3, -0.25) is 4.79 Å². The summed E-state index contributed by atoms with van der Waals surface area (Å²) in [5, 5.41) is 8.17. The molecule has 0 radical (unpaired) electrons. The maximum atomic E-state index is 10.9. The maximum absolute atomic E-state index is 10.9. The molecule has 7 nitrogen and oxygen atoms in total. The number of anilines is 1. The van der Waals surface area contributed by atoms with Crippen molar-refractivity contribution in [1.82, 2.24) is 19.6 Å². The Hall–Kier alpha value is -2.31. The van der Waals surface area contributed by atoms with Crippen LogP contribution >= 0.6 is 0 Å². The number of hydrogen-bond donors (Lipinski definition) is 2. The van der Waals surface area contributed by atoms with Crippen molar-refractivity contribution in [2.24, 2.45) is 12.8 Å². The molecule has 0 fully saturated rings. The Kier molecular flexibility index (Phi) is 2.15. The number of aryl methyl sites for hydroxylation is 2. The molecular weight excluding hydrogens is 208 g/mol. The first-order valence-corrected chi connectivity index (χ1v) is 4.65. The van der Waals surface area contributed by atoms with E-state index in [0.29, 0.717) is 17.2 Å². The first-order valence-electron chi connectivity index (χ1n) is 4.65. The van der Waals surface area contributed by atoms with Crippen LogP contribution in [0.25, 0.3) is 5.82 Å². The van der Waals surface area contributed by atoms with Crippen LogP contribution in [0.1, 0.15) is 16.2 Å². The monoisotopic (exact) mass is 220 g/mol. The summed E-state index contributed by atoms with van der Waals surface area (Å²) in [6.45, 7) is 1.80. The van der Waals surface area contributed by atoms with E-state index in [9.17, 15) is 4.79 Å². The minimum atomic E-state index is -0.573. The van der Waals surface area contributed by atoms with Crippen molar-refractivity contribution in [1.29, 1.82) is 0 Å². The summed E-state index contributed by atoms with van der Waals surface area (Å²) in [5.74, 6) is 0.0428. The van der Waals surface area contributed by atoms with E-state index in [0.717, 1.165) is 0 Å².